The fraction of sp³-hybridized carbons (Fsp3) is 0.533. The maximum Gasteiger partial charge on any atom is 0.220 e. The van der Waals surface area contributed by atoms with Crippen molar-refractivity contribution < 1.29 is 14.3 Å². The summed E-state index contributed by atoms with van der Waals surface area (Å²) >= 11 is 0. The van der Waals surface area contributed by atoms with Crippen molar-refractivity contribution in [1.82, 2.24) is 0 Å². The van der Waals surface area contributed by atoms with Gasteiger partial charge in [-0.1, -0.05) is 12.1 Å². The fourth-order valence-corrected chi connectivity index (χ4v) is 2.25. The number of rotatable bonds is 8. The van der Waals surface area contributed by atoms with Crippen molar-refractivity contribution in [3.05, 3.63) is 24.3 Å². The van der Waals surface area contributed by atoms with Gasteiger partial charge in [0, 0.05) is 12.6 Å². The van der Waals surface area contributed by atoms with Crippen molar-refractivity contribution >= 4 is 11.6 Å². The maximum absolute atomic E-state index is 10.7. The highest BCUT2D eigenvalue weighted by Crippen LogP contribution is 2.31. The number of nitrogens with two attached hydrogens (primary N) is 1. The Labute approximate surface area is 119 Å². The molecule has 0 bridgehead atoms. The van der Waals surface area contributed by atoms with Gasteiger partial charge in [-0.3, -0.25) is 4.79 Å². The Hall–Kier alpha value is -1.75. The third kappa shape index (κ3) is 4.13. The van der Waals surface area contributed by atoms with Gasteiger partial charge < -0.3 is 20.5 Å². The number of para-hydroxylation sites is 2. The van der Waals surface area contributed by atoms with Gasteiger partial charge in [-0.15, -0.1) is 0 Å². The monoisotopic (exact) mass is 278 g/mol. The largest absolute Gasteiger partial charge is 0.491 e. The second-order valence-electron chi connectivity index (χ2n) is 4.95. The van der Waals surface area contributed by atoms with Crippen LogP contribution >= 0.6 is 0 Å². The molecule has 110 valence electrons. The smallest absolute Gasteiger partial charge is 0.220 e. The van der Waals surface area contributed by atoms with E-state index < -0.39 is 0 Å². The lowest BCUT2D eigenvalue weighted by Gasteiger charge is -2.36. The van der Waals surface area contributed by atoms with E-state index in [1.807, 2.05) is 31.2 Å². The molecule has 0 saturated heterocycles. The van der Waals surface area contributed by atoms with Gasteiger partial charge in [0.15, 0.2) is 0 Å². The van der Waals surface area contributed by atoms with E-state index in [-0.39, 0.29) is 12.3 Å². The van der Waals surface area contributed by atoms with Crippen LogP contribution in [0.1, 0.15) is 26.2 Å². The van der Waals surface area contributed by atoms with E-state index >= 15 is 0 Å². The normalized spacial score (nSPS) is 21.1. The second kappa shape index (κ2) is 7.14. The molecule has 1 fully saturated rings. The molecular weight excluding hydrogens is 256 g/mol. The molecule has 5 nitrogen and oxygen atoms in total. The van der Waals surface area contributed by atoms with Crippen LogP contribution in [0.2, 0.25) is 0 Å². The standard InChI is InChI=1S/C15H22N2O3/c1-2-19-12-9-11(10-12)17-13-5-3-4-6-14(13)20-8-7-15(16)18/h3-6,11-12,17H,2,7-10H2,1H3,(H2,16,18). The molecular formula is C15H22N2O3. The van der Waals surface area contributed by atoms with Gasteiger partial charge in [-0.05, 0) is 31.9 Å². The van der Waals surface area contributed by atoms with Gasteiger partial charge in [0.25, 0.3) is 0 Å². The molecule has 5 heteroatoms. The van der Waals surface area contributed by atoms with E-state index in [2.05, 4.69) is 5.32 Å². The summed E-state index contributed by atoms with van der Waals surface area (Å²) in [4.78, 5) is 10.7. The molecule has 1 aliphatic rings. The molecule has 0 heterocycles. The van der Waals surface area contributed by atoms with Crippen LogP contribution in [-0.4, -0.2) is 31.3 Å². The average Bonchev–Trinajstić information content (AvgIpc) is 2.37. The van der Waals surface area contributed by atoms with E-state index in [0.717, 1.165) is 30.9 Å². The summed E-state index contributed by atoms with van der Waals surface area (Å²) in [5.41, 5.74) is 6.06. The van der Waals surface area contributed by atoms with Crippen molar-refractivity contribution in [3.8, 4) is 5.75 Å². The van der Waals surface area contributed by atoms with E-state index in [1.54, 1.807) is 0 Å². The number of carbonyl (C=O) groups is 1. The number of anilines is 1. The van der Waals surface area contributed by atoms with Crippen molar-refractivity contribution in [2.45, 2.75) is 38.3 Å². The van der Waals surface area contributed by atoms with Gasteiger partial charge in [0.2, 0.25) is 5.91 Å². The Morgan fingerprint density at radius 3 is 2.85 bits per heavy atom. The summed E-state index contributed by atoms with van der Waals surface area (Å²) in [6, 6.07) is 8.17. The van der Waals surface area contributed by atoms with Crippen LogP contribution in [-0.2, 0) is 9.53 Å². The summed E-state index contributed by atoms with van der Waals surface area (Å²) in [7, 11) is 0. The molecule has 1 amide bonds. The Bertz CT molecular complexity index is 444. The topological polar surface area (TPSA) is 73.6 Å². The van der Waals surface area contributed by atoms with Crippen LogP contribution in [0.15, 0.2) is 24.3 Å². The van der Waals surface area contributed by atoms with Gasteiger partial charge in [-0.25, -0.2) is 0 Å². The van der Waals surface area contributed by atoms with Crippen LogP contribution in [0.3, 0.4) is 0 Å². The minimum Gasteiger partial charge on any atom is -0.491 e. The zero-order chi connectivity index (χ0) is 14.4. The van der Waals surface area contributed by atoms with Crippen molar-refractivity contribution in [2.24, 2.45) is 5.73 Å². The third-order valence-corrected chi connectivity index (χ3v) is 3.35. The SMILES string of the molecule is CCOC1CC(Nc2ccccc2OCCC(N)=O)C1. The number of benzene rings is 1. The first-order valence-electron chi connectivity index (χ1n) is 7.07. The predicted octanol–water partition coefficient (Wildman–Crippen LogP) is 1.92. The lowest BCUT2D eigenvalue weighted by molar-refractivity contribution is -0.118. The molecule has 1 aromatic rings. The van der Waals surface area contributed by atoms with E-state index in [9.17, 15) is 4.79 Å². The van der Waals surface area contributed by atoms with Gasteiger partial charge >= 0.3 is 0 Å². The Morgan fingerprint density at radius 2 is 2.15 bits per heavy atom. The molecule has 0 aliphatic heterocycles. The summed E-state index contributed by atoms with van der Waals surface area (Å²) in [5, 5.41) is 3.45. The molecule has 2 rings (SSSR count). The number of primary amides is 1. The highest BCUT2D eigenvalue weighted by Gasteiger charge is 2.29. The fourth-order valence-electron chi connectivity index (χ4n) is 2.25. The molecule has 0 spiro atoms. The highest BCUT2D eigenvalue weighted by atomic mass is 16.5. The lowest BCUT2D eigenvalue weighted by Crippen LogP contribution is -2.40. The number of hydrogen-bond donors (Lipinski definition) is 2. The summed E-state index contributed by atoms with van der Waals surface area (Å²) in [6.45, 7) is 3.09. The van der Waals surface area contributed by atoms with E-state index in [4.69, 9.17) is 15.2 Å². The molecule has 1 saturated carbocycles. The minimum atomic E-state index is -0.353. The number of carbonyl (C=O) groups excluding carboxylic acids is 1. The number of nitrogens with one attached hydrogen (secondary N) is 1. The van der Waals surface area contributed by atoms with Crippen molar-refractivity contribution in [3.63, 3.8) is 0 Å². The van der Waals surface area contributed by atoms with E-state index in [1.165, 1.54) is 0 Å². The van der Waals surface area contributed by atoms with Gasteiger partial charge in [0.05, 0.1) is 24.8 Å². The minimum absolute atomic E-state index is 0.226. The molecule has 1 aliphatic carbocycles. The molecule has 0 unspecified atom stereocenters. The number of amides is 1. The Balaban J connectivity index is 1.83. The lowest BCUT2D eigenvalue weighted by atomic mass is 9.89. The molecule has 3 N–H and O–H groups in total. The Kier molecular flexibility index (Phi) is 5.24. The van der Waals surface area contributed by atoms with Crippen LogP contribution in [0.5, 0.6) is 5.75 Å². The first-order chi connectivity index (χ1) is 9.69. The summed E-state index contributed by atoms with van der Waals surface area (Å²) < 4.78 is 11.1. The second-order valence-corrected chi connectivity index (χ2v) is 4.95. The molecule has 20 heavy (non-hydrogen) atoms. The quantitative estimate of drug-likeness (QED) is 0.762. The van der Waals surface area contributed by atoms with E-state index in [0.29, 0.717) is 18.8 Å². The molecule has 0 aromatic heterocycles. The van der Waals surface area contributed by atoms with Crippen LogP contribution in [0, 0.1) is 0 Å². The maximum atomic E-state index is 10.7. The zero-order valence-corrected chi connectivity index (χ0v) is 11.8. The molecule has 1 aromatic carbocycles. The highest BCUT2D eigenvalue weighted by molar-refractivity contribution is 5.73. The van der Waals surface area contributed by atoms with Crippen LogP contribution < -0.4 is 15.8 Å². The number of hydrogen-bond acceptors (Lipinski definition) is 4. The molecule has 0 radical (unpaired) electrons. The number of ether oxygens (including phenoxy) is 2. The zero-order valence-electron chi connectivity index (χ0n) is 11.8. The van der Waals surface area contributed by atoms with Gasteiger partial charge in [0.1, 0.15) is 5.75 Å². The van der Waals surface area contributed by atoms with Crippen molar-refractivity contribution in [1.29, 1.82) is 0 Å². The summed E-state index contributed by atoms with van der Waals surface area (Å²) in [5.74, 6) is 0.405. The van der Waals surface area contributed by atoms with Gasteiger partial charge in [-0.2, -0.15) is 0 Å². The van der Waals surface area contributed by atoms with Crippen LogP contribution in [0.25, 0.3) is 0 Å². The summed E-state index contributed by atoms with van der Waals surface area (Å²) in [6.07, 6.45) is 2.64. The predicted molar refractivity (Wildman–Crippen MR) is 77.8 cm³/mol. The third-order valence-electron chi connectivity index (χ3n) is 3.35. The first-order valence-corrected chi connectivity index (χ1v) is 7.07. The average molecular weight is 278 g/mol. The van der Waals surface area contributed by atoms with Crippen LogP contribution in [0.4, 0.5) is 5.69 Å². The van der Waals surface area contributed by atoms with Crippen molar-refractivity contribution in [2.75, 3.05) is 18.5 Å². The Morgan fingerprint density at radius 1 is 1.40 bits per heavy atom. The molecule has 0 atom stereocenters. The first kappa shape index (κ1) is 14.7.